The minimum absolute atomic E-state index is 0.721. The number of methoxy groups -OCH3 is 1. The normalized spacial score (nSPS) is 19.8. The van der Waals surface area contributed by atoms with Crippen LogP contribution in [0.4, 0.5) is 0 Å². The van der Waals surface area contributed by atoms with Crippen LogP contribution in [-0.4, -0.2) is 30.1 Å². The van der Waals surface area contributed by atoms with Crippen LogP contribution in [0.5, 0.6) is 5.75 Å². The number of fused-ring (bicyclic) bond motifs is 2. The van der Waals surface area contributed by atoms with Crippen LogP contribution in [0.25, 0.3) is 5.57 Å². The van der Waals surface area contributed by atoms with Gasteiger partial charge in [0.1, 0.15) is 5.75 Å². The first-order valence-electron chi connectivity index (χ1n) is 5.82. The van der Waals surface area contributed by atoms with Crippen molar-refractivity contribution in [3.05, 3.63) is 30.2 Å². The molecule has 3 aliphatic heterocycles. The Kier molecular flexibility index (Phi) is 2.31. The zero-order valence-corrected chi connectivity index (χ0v) is 9.52. The van der Waals surface area contributed by atoms with E-state index in [0.29, 0.717) is 0 Å². The Labute approximate surface area is 95.7 Å². The summed E-state index contributed by atoms with van der Waals surface area (Å²) in [6.07, 6.45) is 8.56. The van der Waals surface area contributed by atoms with Gasteiger partial charge in [-0.05, 0) is 30.4 Å². The standard InChI is InChI=1S/C13H16N2O/c1-16-12-6-11(7-14-8-12)13-9-15-4-2-10(13)3-5-15/h6-10H,2-5H2,1H3. The van der Waals surface area contributed by atoms with Crippen molar-refractivity contribution >= 4 is 5.57 Å². The van der Waals surface area contributed by atoms with E-state index in [4.69, 9.17) is 4.74 Å². The summed E-state index contributed by atoms with van der Waals surface area (Å²) in [6, 6.07) is 2.08. The summed E-state index contributed by atoms with van der Waals surface area (Å²) in [5.74, 6) is 1.56. The molecule has 0 aromatic carbocycles. The van der Waals surface area contributed by atoms with Crippen molar-refractivity contribution < 1.29 is 4.74 Å². The lowest BCUT2D eigenvalue weighted by Crippen LogP contribution is -2.35. The third-order valence-corrected chi connectivity index (χ3v) is 3.57. The largest absolute Gasteiger partial charge is 0.495 e. The summed E-state index contributed by atoms with van der Waals surface area (Å²) in [5, 5.41) is 0. The van der Waals surface area contributed by atoms with Gasteiger partial charge in [-0.2, -0.15) is 0 Å². The number of nitrogens with zero attached hydrogens (tertiary/aromatic N) is 2. The molecule has 0 atom stereocenters. The molecule has 0 unspecified atom stereocenters. The van der Waals surface area contributed by atoms with E-state index in [2.05, 4.69) is 22.2 Å². The zero-order valence-electron chi connectivity index (χ0n) is 9.52. The fraction of sp³-hybridized carbons (Fsp3) is 0.462. The van der Waals surface area contributed by atoms with Crippen LogP contribution >= 0.6 is 0 Å². The Hall–Kier alpha value is -1.51. The van der Waals surface area contributed by atoms with Crippen molar-refractivity contribution in [2.24, 2.45) is 5.92 Å². The lowest BCUT2D eigenvalue weighted by atomic mass is 9.83. The average Bonchev–Trinajstić information content (AvgIpc) is 2.40. The zero-order chi connectivity index (χ0) is 11.0. The second-order valence-corrected chi connectivity index (χ2v) is 4.51. The summed E-state index contributed by atoms with van der Waals surface area (Å²) in [4.78, 5) is 6.64. The summed E-state index contributed by atoms with van der Waals surface area (Å²) in [5.41, 5.74) is 2.65. The summed E-state index contributed by atoms with van der Waals surface area (Å²) in [7, 11) is 1.69. The Morgan fingerprint density at radius 1 is 1.31 bits per heavy atom. The number of hydrogen-bond donors (Lipinski definition) is 0. The molecular formula is C13H16N2O. The molecule has 4 rings (SSSR count). The summed E-state index contributed by atoms with van der Waals surface area (Å²) in [6.45, 7) is 2.43. The predicted molar refractivity (Wildman–Crippen MR) is 63.1 cm³/mol. The molecule has 0 spiro atoms. The fourth-order valence-electron chi connectivity index (χ4n) is 2.64. The highest BCUT2D eigenvalue weighted by Gasteiger charge is 2.27. The molecule has 0 N–H and O–H groups in total. The first-order valence-corrected chi connectivity index (χ1v) is 5.82. The molecule has 4 heterocycles. The second-order valence-electron chi connectivity index (χ2n) is 4.51. The van der Waals surface area contributed by atoms with Gasteiger partial charge in [-0.3, -0.25) is 4.98 Å². The fourth-order valence-corrected chi connectivity index (χ4v) is 2.64. The van der Waals surface area contributed by atoms with E-state index in [9.17, 15) is 0 Å². The van der Waals surface area contributed by atoms with Gasteiger partial charge >= 0.3 is 0 Å². The molecule has 1 saturated heterocycles. The van der Waals surface area contributed by atoms with Gasteiger partial charge in [0.2, 0.25) is 0 Å². The van der Waals surface area contributed by atoms with Gasteiger partial charge in [-0.15, -0.1) is 0 Å². The Morgan fingerprint density at radius 2 is 2.12 bits per heavy atom. The van der Waals surface area contributed by atoms with Crippen molar-refractivity contribution in [3.63, 3.8) is 0 Å². The smallest absolute Gasteiger partial charge is 0.137 e. The predicted octanol–water partition coefficient (Wildman–Crippen LogP) is 2.16. The second kappa shape index (κ2) is 3.81. The molecule has 1 aromatic heterocycles. The minimum Gasteiger partial charge on any atom is -0.495 e. The van der Waals surface area contributed by atoms with E-state index in [1.165, 1.54) is 37.1 Å². The van der Waals surface area contributed by atoms with Crippen LogP contribution in [-0.2, 0) is 0 Å². The Balaban J connectivity index is 1.97. The van der Waals surface area contributed by atoms with Crippen LogP contribution in [0.3, 0.4) is 0 Å². The molecular weight excluding hydrogens is 200 g/mol. The lowest BCUT2D eigenvalue weighted by Gasteiger charge is -2.39. The van der Waals surface area contributed by atoms with Gasteiger partial charge in [-0.25, -0.2) is 0 Å². The molecule has 0 aliphatic carbocycles. The first-order chi connectivity index (χ1) is 7.86. The highest BCUT2D eigenvalue weighted by molar-refractivity contribution is 5.68. The number of hydrogen-bond acceptors (Lipinski definition) is 3. The molecule has 3 heteroatoms. The highest BCUT2D eigenvalue weighted by atomic mass is 16.5. The van der Waals surface area contributed by atoms with E-state index in [-0.39, 0.29) is 0 Å². The van der Waals surface area contributed by atoms with Gasteiger partial charge in [0, 0.05) is 31.0 Å². The number of rotatable bonds is 2. The molecule has 0 saturated carbocycles. The lowest BCUT2D eigenvalue weighted by molar-refractivity contribution is 0.252. The van der Waals surface area contributed by atoms with Crippen molar-refractivity contribution in [1.82, 2.24) is 9.88 Å². The molecule has 3 aliphatic rings. The van der Waals surface area contributed by atoms with Crippen LogP contribution in [0.15, 0.2) is 24.7 Å². The maximum Gasteiger partial charge on any atom is 0.137 e. The number of piperidine rings is 1. The molecule has 1 aromatic rings. The van der Waals surface area contributed by atoms with E-state index in [0.717, 1.165) is 11.7 Å². The van der Waals surface area contributed by atoms with E-state index < -0.39 is 0 Å². The van der Waals surface area contributed by atoms with Crippen LogP contribution < -0.4 is 4.74 Å². The third-order valence-electron chi connectivity index (χ3n) is 3.57. The maximum atomic E-state index is 5.22. The monoisotopic (exact) mass is 216 g/mol. The van der Waals surface area contributed by atoms with Gasteiger partial charge in [-0.1, -0.05) is 0 Å². The van der Waals surface area contributed by atoms with E-state index in [1.54, 1.807) is 13.3 Å². The number of allylic oxidation sites excluding steroid dienone is 1. The van der Waals surface area contributed by atoms with Crippen molar-refractivity contribution in [2.75, 3.05) is 20.2 Å². The third kappa shape index (κ3) is 1.56. The maximum absolute atomic E-state index is 5.22. The van der Waals surface area contributed by atoms with E-state index >= 15 is 0 Å². The molecule has 16 heavy (non-hydrogen) atoms. The van der Waals surface area contributed by atoms with Crippen LogP contribution in [0, 0.1) is 5.92 Å². The van der Waals surface area contributed by atoms with E-state index in [1.807, 2.05) is 6.20 Å². The minimum atomic E-state index is 0.721. The van der Waals surface area contributed by atoms with Crippen molar-refractivity contribution in [2.45, 2.75) is 12.8 Å². The number of aromatic nitrogens is 1. The van der Waals surface area contributed by atoms with Crippen LogP contribution in [0.2, 0.25) is 0 Å². The first kappa shape index (κ1) is 9.70. The SMILES string of the molecule is COc1cncc(C2=CN3CCC2CC3)c1. The van der Waals surface area contributed by atoms with Gasteiger partial charge in [0.05, 0.1) is 13.3 Å². The topological polar surface area (TPSA) is 25.4 Å². The molecule has 0 amide bonds. The van der Waals surface area contributed by atoms with Crippen LogP contribution in [0.1, 0.15) is 18.4 Å². The van der Waals surface area contributed by atoms with Gasteiger partial charge in [0.25, 0.3) is 0 Å². The quantitative estimate of drug-likeness (QED) is 0.757. The highest BCUT2D eigenvalue weighted by Crippen LogP contribution is 2.37. The molecule has 84 valence electrons. The number of pyridine rings is 1. The molecule has 3 nitrogen and oxygen atoms in total. The Bertz CT molecular complexity index is 420. The summed E-state index contributed by atoms with van der Waals surface area (Å²) < 4.78 is 5.22. The molecule has 2 bridgehead atoms. The summed E-state index contributed by atoms with van der Waals surface area (Å²) >= 11 is 0. The molecule has 1 fully saturated rings. The number of ether oxygens (including phenoxy) is 1. The molecule has 0 radical (unpaired) electrons. The van der Waals surface area contributed by atoms with Gasteiger partial charge in [0.15, 0.2) is 0 Å². The van der Waals surface area contributed by atoms with Crippen molar-refractivity contribution in [1.29, 1.82) is 0 Å². The van der Waals surface area contributed by atoms with Gasteiger partial charge < -0.3 is 9.64 Å². The van der Waals surface area contributed by atoms with Crippen molar-refractivity contribution in [3.8, 4) is 5.75 Å². The Morgan fingerprint density at radius 3 is 2.75 bits per heavy atom. The average molecular weight is 216 g/mol.